The number of hydrogen-bond donors (Lipinski definition) is 1. The number of amides is 1. The molecule has 4 aromatic rings. The number of nitrogens with one attached hydrogen (secondary N) is 1. The molecule has 8 heteroatoms. The number of carbonyl (C=O) groups excluding carboxylic acids is 1. The Morgan fingerprint density at radius 1 is 1.06 bits per heavy atom. The predicted octanol–water partition coefficient (Wildman–Crippen LogP) is 6.32. The highest BCUT2D eigenvalue weighted by Crippen LogP contribution is 2.22. The Labute approximate surface area is 197 Å². The van der Waals surface area contributed by atoms with Crippen LogP contribution in [0.2, 0.25) is 5.02 Å². The molecule has 4 rings (SSSR count). The lowest BCUT2D eigenvalue weighted by molar-refractivity contribution is 0.102. The summed E-state index contributed by atoms with van der Waals surface area (Å²) in [6.45, 7) is 0.817. The van der Waals surface area contributed by atoms with Gasteiger partial charge in [0.25, 0.3) is 5.91 Å². The predicted molar refractivity (Wildman–Crippen MR) is 126 cm³/mol. The molecule has 0 saturated heterocycles. The van der Waals surface area contributed by atoms with Gasteiger partial charge in [-0.05, 0) is 69.5 Å². The molecule has 0 unspecified atom stereocenters. The lowest BCUT2D eigenvalue weighted by Crippen LogP contribution is -2.13. The first kappa shape index (κ1) is 22.0. The molecule has 1 amide bonds. The Balaban J connectivity index is 1.36. The first-order valence-electron chi connectivity index (χ1n) is 9.72. The molecule has 32 heavy (non-hydrogen) atoms. The van der Waals surface area contributed by atoms with E-state index < -0.39 is 0 Å². The maximum Gasteiger partial charge on any atom is 0.256 e. The highest BCUT2D eigenvalue weighted by atomic mass is 79.9. The van der Waals surface area contributed by atoms with Crippen LogP contribution in [0.5, 0.6) is 5.75 Å². The maximum absolute atomic E-state index is 13.1. The third-order valence-corrected chi connectivity index (χ3v) is 5.44. The van der Waals surface area contributed by atoms with Gasteiger partial charge >= 0.3 is 0 Å². The summed E-state index contributed by atoms with van der Waals surface area (Å²) in [6, 6.07) is 20.5. The van der Waals surface area contributed by atoms with Crippen molar-refractivity contribution in [3.8, 4) is 5.75 Å². The molecule has 1 aromatic heterocycles. The van der Waals surface area contributed by atoms with E-state index in [1.54, 1.807) is 47.3 Å². The summed E-state index contributed by atoms with van der Waals surface area (Å²) in [5.41, 5.74) is 2.32. The second-order valence-electron chi connectivity index (χ2n) is 7.05. The van der Waals surface area contributed by atoms with E-state index in [2.05, 4.69) is 26.3 Å². The van der Waals surface area contributed by atoms with Gasteiger partial charge in [-0.15, -0.1) is 0 Å². The fourth-order valence-corrected chi connectivity index (χ4v) is 3.59. The van der Waals surface area contributed by atoms with Crippen LogP contribution in [0.15, 0.2) is 83.5 Å². The van der Waals surface area contributed by atoms with Crippen LogP contribution in [0, 0.1) is 5.82 Å². The first-order chi connectivity index (χ1) is 15.5. The molecule has 0 atom stereocenters. The Hall–Kier alpha value is -3.16. The summed E-state index contributed by atoms with van der Waals surface area (Å²) >= 11 is 9.38. The van der Waals surface area contributed by atoms with E-state index in [0.717, 1.165) is 11.1 Å². The fourth-order valence-electron chi connectivity index (χ4n) is 3.00. The zero-order valence-corrected chi connectivity index (χ0v) is 19.1. The van der Waals surface area contributed by atoms with E-state index in [9.17, 15) is 9.18 Å². The molecule has 1 heterocycles. The highest BCUT2D eigenvalue weighted by molar-refractivity contribution is 9.10. The molecule has 3 aromatic carbocycles. The number of ether oxygens (including phenoxy) is 1. The molecule has 0 radical (unpaired) electrons. The second-order valence-corrected chi connectivity index (χ2v) is 8.34. The van der Waals surface area contributed by atoms with E-state index in [0.29, 0.717) is 39.8 Å². The molecule has 0 aliphatic carbocycles. The summed E-state index contributed by atoms with van der Waals surface area (Å²) in [6.07, 6.45) is 1.76. The number of carbonyl (C=O) groups is 1. The summed E-state index contributed by atoms with van der Waals surface area (Å²) < 4.78 is 21.1. The van der Waals surface area contributed by atoms with Crippen molar-refractivity contribution in [3.63, 3.8) is 0 Å². The van der Waals surface area contributed by atoms with Crippen LogP contribution >= 0.6 is 27.5 Å². The molecule has 162 valence electrons. The van der Waals surface area contributed by atoms with Crippen LogP contribution in [-0.4, -0.2) is 15.7 Å². The molecule has 0 fully saturated rings. The zero-order valence-electron chi connectivity index (χ0n) is 16.8. The SMILES string of the molecule is O=C(Nc1nn(Cc2ccc(F)cc2)cc1Br)c1ccc(COc2cccc(Cl)c2)cc1. The summed E-state index contributed by atoms with van der Waals surface area (Å²) in [4.78, 5) is 12.6. The van der Waals surface area contributed by atoms with Crippen molar-refractivity contribution in [1.82, 2.24) is 9.78 Å². The summed E-state index contributed by atoms with van der Waals surface area (Å²) in [5.74, 6) is 0.524. The fraction of sp³-hybridized carbons (Fsp3) is 0.0833. The number of halogens is 3. The van der Waals surface area contributed by atoms with Crippen LogP contribution in [0.4, 0.5) is 10.2 Å². The van der Waals surface area contributed by atoms with Crippen molar-refractivity contribution in [2.45, 2.75) is 13.2 Å². The van der Waals surface area contributed by atoms with Crippen molar-refractivity contribution in [1.29, 1.82) is 0 Å². The van der Waals surface area contributed by atoms with E-state index in [4.69, 9.17) is 16.3 Å². The van der Waals surface area contributed by atoms with Crippen LogP contribution in [0.3, 0.4) is 0 Å². The van der Waals surface area contributed by atoms with Gasteiger partial charge in [-0.3, -0.25) is 9.48 Å². The number of rotatable bonds is 7. The van der Waals surface area contributed by atoms with E-state index in [1.165, 1.54) is 12.1 Å². The van der Waals surface area contributed by atoms with Gasteiger partial charge in [0.1, 0.15) is 18.2 Å². The van der Waals surface area contributed by atoms with Gasteiger partial charge in [0.2, 0.25) is 0 Å². The van der Waals surface area contributed by atoms with Crippen molar-refractivity contribution < 1.29 is 13.9 Å². The van der Waals surface area contributed by atoms with Crippen molar-refractivity contribution in [2.75, 3.05) is 5.32 Å². The third kappa shape index (κ3) is 5.75. The average molecular weight is 515 g/mol. The Morgan fingerprint density at radius 3 is 2.50 bits per heavy atom. The minimum absolute atomic E-state index is 0.278. The summed E-state index contributed by atoms with van der Waals surface area (Å²) in [7, 11) is 0. The number of aromatic nitrogens is 2. The number of nitrogens with zero attached hydrogens (tertiary/aromatic N) is 2. The molecule has 0 spiro atoms. The standard InChI is InChI=1S/C24H18BrClFN3O2/c25-22-14-30(13-16-6-10-20(27)11-7-16)29-23(22)28-24(31)18-8-4-17(5-9-18)15-32-21-3-1-2-19(26)12-21/h1-12,14H,13,15H2,(H,28,29,31). The van der Waals surface area contributed by atoms with Crippen LogP contribution in [0.1, 0.15) is 21.5 Å². The third-order valence-electron chi connectivity index (χ3n) is 4.62. The molecule has 0 aliphatic heterocycles. The Kier molecular flexibility index (Phi) is 6.87. The van der Waals surface area contributed by atoms with Crippen LogP contribution in [-0.2, 0) is 13.2 Å². The maximum atomic E-state index is 13.1. The quantitative estimate of drug-likeness (QED) is 0.314. The van der Waals surface area contributed by atoms with Gasteiger partial charge in [0.05, 0.1) is 11.0 Å². The molecule has 0 bridgehead atoms. The largest absolute Gasteiger partial charge is 0.489 e. The number of benzene rings is 3. The summed E-state index contributed by atoms with van der Waals surface area (Å²) in [5, 5.41) is 7.81. The topological polar surface area (TPSA) is 56.2 Å². The Bertz CT molecular complexity index is 1230. The minimum Gasteiger partial charge on any atom is -0.489 e. The molecule has 0 aliphatic rings. The monoisotopic (exact) mass is 513 g/mol. The van der Waals surface area contributed by atoms with Crippen LogP contribution < -0.4 is 10.1 Å². The lowest BCUT2D eigenvalue weighted by atomic mass is 10.1. The normalized spacial score (nSPS) is 10.7. The van der Waals surface area contributed by atoms with Gasteiger partial charge in [0, 0.05) is 16.8 Å². The van der Waals surface area contributed by atoms with E-state index in [1.807, 2.05) is 24.3 Å². The van der Waals surface area contributed by atoms with Crippen molar-refractivity contribution in [3.05, 3.63) is 111 Å². The zero-order chi connectivity index (χ0) is 22.5. The van der Waals surface area contributed by atoms with Crippen molar-refractivity contribution in [2.24, 2.45) is 0 Å². The van der Waals surface area contributed by atoms with E-state index >= 15 is 0 Å². The second kappa shape index (κ2) is 9.97. The van der Waals surface area contributed by atoms with E-state index in [-0.39, 0.29) is 11.7 Å². The van der Waals surface area contributed by atoms with Crippen LogP contribution in [0.25, 0.3) is 0 Å². The molecule has 5 nitrogen and oxygen atoms in total. The van der Waals surface area contributed by atoms with Gasteiger partial charge in [-0.25, -0.2) is 4.39 Å². The molecule has 1 N–H and O–H groups in total. The van der Waals surface area contributed by atoms with Gasteiger partial charge in [-0.1, -0.05) is 41.9 Å². The van der Waals surface area contributed by atoms with Gasteiger partial charge in [0.15, 0.2) is 5.82 Å². The Morgan fingerprint density at radius 2 is 1.78 bits per heavy atom. The van der Waals surface area contributed by atoms with Gasteiger partial charge in [-0.2, -0.15) is 5.10 Å². The highest BCUT2D eigenvalue weighted by Gasteiger charge is 2.12. The smallest absolute Gasteiger partial charge is 0.256 e. The molecular formula is C24H18BrClFN3O2. The van der Waals surface area contributed by atoms with Gasteiger partial charge < -0.3 is 10.1 Å². The minimum atomic E-state index is -0.287. The average Bonchev–Trinajstić information content (AvgIpc) is 3.12. The first-order valence-corrected chi connectivity index (χ1v) is 10.9. The molecule has 0 saturated carbocycles. The molecular weight excluding hydrogens is 497 g/mol. The number of hydrogen-bond acceptors (Lipinski definition) is 3. The lowest BCUT2D eigenvalue weighted by Gasteiger charge is -2.08. The van der Waals surface area contributed by atoms with Crippen molar-refractivity contribution >= 4 is 39.3 Å². The number of anilines is 1.